The number of aliphatic hydroxyl groups is 1. The molecule has 35 heavy (non-hydrogen) atoms. The number of hydrogen-bond donors (Lipinski definition) is 1. The Morgan fingerprint density at radius 2 is 1.89 bits per heavy atom. The Morgan fingerprint density at radius 1 is 1.06 bits per heavy atom. The summed E-state index contributed by atoms with van der Waals surface area (Å²) >= 11 is 0. The standard InChI is InChI=1S/C27H25FN6O/c1-15-4-3-5-18-26(19-8-16(28)9-24-22(19)11-32(2)30-24)31-34(27(15)18)17-6-7-25(29-10-17)33-12-20-21(13-33)23(20)14-35/h3-11,20-21,23,35H,12-14H2,1-2H3/t20-,21?,23?/m1/s1. The van der Waals surface area contributed by atoms with Crippen molar-refractivity contribution >= 4 is 27.6 Å². The largest absolute Gasteiger partial charge is 0.396 e. The van der Waals surface area contributed by atoms with E-state index in [0.717, 1.165) is 57.7 Å². The summed E-state index contributed by atoms with van der Waals surface area (Å²) < 4.78 is 18.2. The third-order valence-electron chi connectivity index (χ3n) is 7.75. The number of aryl methyl sites for hydroxylation is 2. The minimum atomic E-state index is -0.334. The van der Waals surface area contributed by atoms with Crippen LogP contribution in [-0.4, -0.2) is 49.3 Å². The molecule has 1 aliphatic carbocycles. The van der Waals surface area contributed by atoms with Crippen LogP contribution in [0.1, 0.15) is 5.56 Å². The van der Waals surface area contributed by atoms with Crippen molar-refractivity contribution in [2.75, 3.05) is 24.6 Å². The van der Waals surface area contributed by atoms with Crippen LogP contribution in [0.5, 0.6) is 0 Å². The number of anilines is 1. The maximum atomic E-state index is 14.6. The van der Waals surface area contributed by atoms with E-state index in [4.69, 9.17) is 10.1 Å². The van der Waals surface area contributed by atoms with Gasteiger partial charge < -0.3 is 10.0 Å². The molecule has 5 aromatic rings. The van der Waals surface area contributed by atoms with Crippen LogP contribution in [-0.2, 0) is 7.05 Å². The zero-order valence-electron chi connectivity index (χ0n) is 19.6. The van der Waals surface area contributed by atoms with Gasteiger partial charge in [-0.25, -0.2) is 14.1 Å². The summed E-state index contributed by atoms with van der Waals surface area (Å²) in [5, 5.41) is 20.6. The van der Waals surface area contributed by atoms with Crippen LogP contribution in [0, 0.1) is 30.5 Å². The second-order valence-electron chi connectivity index (χ2n) is 9.87. The molecule has 176 valence electrons. The lowest BCUT2D eigenvalue weighted by atomic mass is 10.0. The molecule has 0 spiro atoms. The van der Waals surface area contributed by atoms with Gasteiger partial charge in [0.2, 0.25) is 0 Å². The minimum absolute atomic E-state index is 0.292. The molecule has 8 heteroatoms. The van der Waals surface area contributed by atoms with Crippen molar-refractivity contribution in [3.05, 3.63) is 66.2 Å². The molecule has 4 heterocycles. The van der Waals surface area contributed by atoms with Crippen molar-refractivity contribution in [1.82, 2.24) is 24.5 Å². The molecule has 0 bridgehead atoms. The van der Waals surface area contributed by atoms with Crippen molar-refractivity contribution in [2.45, 2.75) is 6.92 Å². The van der Waals surface area contributed by atoms with Gasteiger partial charge in [-0.3, -0.25) is 4.68 Å². The highest BCUT2D eigenvalue weighted by atomic mass is 19.1. The highest BCUT2D eigenvalue weighted by molar-refractivity contribution is 6.03. The summed E-state index contributed by atoms with van der Waals surface area (Å²) in [6.07, 6.45) is 3.76. The molecule has 1 saturated carbocycles. The van der Waals surface area contributed by atoms with E-state index >= 15 is 0 Å². The van der Waals surface area contributed by atoms with Gasteiger partial charge >= 0.3 is 0 Å². The lowest BCUT2D eigenvalue weighted by Gasteiger charge is -2.20. The molecule has 2 aromatic carbocycles. The topological polar surface area (TPSA) is 72.0 Å². The summed E-state index contributed by atoms with van der Waals surface area (Å²) in [7, 11) is 1.84. The summed E-state index contributed by atoms with van der Waals surface area (Å²) in [6, 6.07) is 13.2. The molecular weight excluding hydrogens is 443 g/mol. The van der Waals surface area contributed by atoms with Gasteiger partial charge in [-0.05, 0) is 48.4 Å². The average molecular weight is 469 g/mol. The Hall–Kier alpha value is -3.78. The number of hydrogen-bond acceptors (Lipinski definition) is 5. The first-order chi connectivity index (χ1) is 17.0. The summed E-state index contributed by atoms with van der Waals surface area (Å²) in [4.78, 5) is 7.06. The Morgan fingerprint density at radius 3 is 2.63 bits per heavy atom. The lowest BCUT2D eigenvalue weighted by molar-refractivity contribution is 0.260. The Bertz CT molecular complexity index is 1590. The van der Waals surface area contributed by atoms with Gasteiger partial charge in [0.05, 0.1) is 22.9 Å². The van der Waals surface area contributed by atoms with Crippen LogP contribution in [0.3, 0.4) is 0 Å². The van der Waals surface area contributed by atoms with Crippen molar-refractivity contribution in [3.8, 4) is 16.9 Å². The summed E-state index contributed by atoms with van der Waals surface area (Å²) in [5.74, 6) is 2.28. The van der Waals surface area contributed by atoms with E-state index < -0.39 is 0 Å². The summed E-state index contributed by atoms with van der Waals surface area (Å²) in [5.41, 5.74) is 4.97. The van der Waals surface area contributed by atoms with Crippen LogP contribution in [0.4, 0.5) is 10.2 Å². The molecular formula is C27H25FN6O. The second kappa shape index (κ2) is 7.36. The van der Waals surface area contributed by atoms with Gasteiger partial charge in [0.25, 0.3) is 0 Å². The minimum Gasteiger partial charge on any atom is -0.396 e. The Kier molecular flexibility index (Phi) is 4.33. The van der Waals surface area contributed by atoms with Gasteiger partial charge in [-0.2, -0.15) is 10.2 Å². The fourth-order valence-corrected chi connectivity index (χ4v) is 5.92. The normalized spacial score (nSPS) is 21.3. The number of aromatic nitrogens is 5. The van der Waals surface area contributed by atoms with Crippen molar-refractivity contribution in [1.29, 1.82) is 0 Å². The second-order valence-corrected chi connectivity index (χ2v) is 9.87. The number of benzene rings is 2. The first-order valence-corrected chi connectivity index (χ1v) is 12.0. The van der Waals surface area contributed by atoms with E-state index in [1.165, 1.54) is 12.1 Å². The number of piperidine rings is 1. The molecule has 7 nitrogen and oxygen atoms in total. The van der Waals surface area contributed by atoms with E-state index in [9.17, 15) is 9.50 Å². The molecule has 3 aromatic heterocycles. The monoisotopic (exact) mass is 468 g/mol. The molecule has 1 saturated heterocycles. The zero-order chi connectivity index (χ0) is 23.8. The predicted octanol–water partition coefficient (Wildman–Crippen LogP) is 4.10. The van der Waals surface area contributed by atoms with Crippen LogP contribution < -0.4 is 4.90 Å². The third-order valence-corrected chi connectivity index (χ3v) is 7.75. The quantitative estimate of drug-likeness (QED) is 0.430. The fraction of sp³-hybridized carbons (Fsp3) is 0.296. The number of fused-ring (bicyclic) bond motifs is 3. The van der Waals surface area contributed by atoms with Gasteiger partial charge in [0.1, 0.15) is 17.3 Å². The molecule has 3 atom stereocenters. The Balaban J connectivity index is 1.33. The highest BCUT2D eigenvalue weighted by Gasteiger charge is 2.55. The molecule has 1 aliphatic heterocycles. The summed E-state index contributed by atoms with van der Waals surface area (Å²) in [6.45, 7) is 4.26. The van der Waals surface area contributed by atoms with E-state index in [-0.39, 0.29) is 5.82 Å². The first kappa shape index (κ1) is 20.6. The van der Waals surface area contributed by atoms with Crippen molar-refractivity contribution < 1.29 is 9.50 Å². The molecule has 7 rings (SSSR count). The molecule has 1 N–H and O–H groups in total. The number of pyridine rings is 1. The first-order valence-electron chi connectivity index (χ1n) is 12.0. The zero-order valence-corrected chi connectivity index (χ0v) is 19.6. The fourth-order valence-electron chi connectivity index (χ4n) is 5.92. The Labute approximate surface area is 201 Å². The van der Waals surface area contributed by atoms with Crippen LogP contribution in [0.2, 0.25) is 0 Å². The highest BCUT2D eigenvalue weighted by Crippen LogP contribution is 2.51. The van der Waals surface area contributed by atoms with E-state index in [1.54, 1.807) is 4.68 Å². The molecule has 2 aliphatic rings. The van der Waals surface area contributed by atoms with Crippen molar-refractivity contribution in [3.63, 3.8) is 0 Å². The number of rotatable bonds is 4. The average Bonchev–Trinajstić information content (AvgIpc) is 3.22. The smallest absolute Gasteiger partial charge is 0.128 e. The van der Waals surface area contributed by atoms with Gasteiger partial charge in [0.15, 0.2) is 0 Å². The maximum Gasteiger partial charge on any atom is 0.128 e. The number of nitrogens with zero attached hydrogens (tertiary/aromatic N) is 6. The molecule has 0 amide bonds. The third kappa shape index (κ3) is 3.09. The van der Waals surface area contributed by atoms with E-state index in [2.05, 4.69) is 23.0 Å². The van der Waals surface area contributed by atoms with Gasteiger partial charge in [-0.1, -0.05) is 18.2 Å². The van der Waals surface area contributed by atoms with E-state index in [1.807, 2.05) is 48.4 Å². The SMILES string of the molecule is Cc1cccc2c(-c3cc(F)cc4nn(C)cc34)nn(-c3ccc(N4CC5C(CO)[C@@H]5C4)nc3)c12. The molecule has 2 fully saturated rings. The van der Waals surface area contributed by atoms with Crippen LogP contribution >= 0.6 is 0 Å². The lowest BCUT2D eigenvalue weighted by Crippen LogP contribution is -2.25. The number of halogens is 1. The number of aliphatic hydroxyl groups excluding tert-OH is 1. The molecule has 0 radical (unpaired) electrons. The maximum absolute atomic E-state index is 14.6. The van der Waals surface area contributed by atoms with E-state index in [0.29, 0.717) is 29.9 Å². The van der Waals surface area contributed by atoms with Crippen LogP contribution in [0.25, 0.3) is 38.8 Å². The molecule has 2 unspecified atom stereocenters. The van der Waals surface area contributed by atoms with Crippen molar-refractivity contribution in [2.24, 2.45) is 24.8 Å². The van der Waals surface area contributed by atoms with Gasteiger partial charge in [0, 0.05) is 55.3 Å². The number of para-hydroxylation sites is 1. The van der Waals surface area contributed by atoms with Crippen LogP contribution in [0.15, 0.2) is 54.9 Å². The predicted molar refractivity (Wildman–Crippen MR) is 133 cm³/mol. The van der Waals surface area contributed by atoms with Gasteiger partial charge in [-0.15, -0.1) is 0 Å².